The van der Waals surface area contributed by atoms with E-state index in [4.69, 9.17) is 0 Å². The van der Waals surface area contributed by atoms with Gasteiger partial charge in [-0.05, 0) is 23.5 Å². The van der Waals surface area contributed by atoms with E-state index in [1.807, 2.05) is 0 Å². The molecule has 2 rings (SSSR count). The highest BCUT2D eigenvalue weighted by atomic mass is 15.0. The molecule has 1 N–H and O–H groups in total. The summed E-state index contributed by atoms with van der Waals surface area (Å²) in [6, 6.07) is 9.69. The maximum Gasteiger partial charge on any atom is 0.0358 e. The summed E-state index contributed by atoms with van der Waals surface area (Å²) < 4.78 is 0. The van der Waals surface area contributed by atoms with E-state index >= 15 is 0 Å². The number of hydrogen-bond acceptors (Lipinski definition) is 1. The normalized spacial score (nSPS) is 25.9. The Balaban J connectivity index is 2.06. The molecule has 1 fully saturated rings. The van der Waals surface area contributed by atoms with E-state index in [-0.39, 0.29) is 0 Å². The van der Waals surface area contributed by atoms with Crippen molar-refractivity contribution in [3.63, 3.8) is 0 Å². The zero-order valence-corrected chi connectivity index (χ0v) is 9.09. The highest BCUT2D eigenvalue weighted by molar-refractivity contribution is 5.27. The summed E-state index contributed by atoms with van der Waals surface area (Å²) in [5.74, 6) is 0.798. The Hall–Kier alpha value is -0.820. The monoisotopic (exact) mass is 189 g/mol. The van der Waals surface area contributed by atoms with Gasteiger partial charge in [0.25, 0.3) is 0 Å². The molecule has 1 aromatic carbocycles. The highest BCUT2D eigenvalue weighted by Crippen LogP contribution is 2.28. The fourth-order valence-corrected chi connectivity index (χ4v) is 2.10. The Labute approximate surface area is 86.5 Å². The van der Waals surface area contributed by atoms with Gasteiger partial charge in [0.15, 0.2) is 0 Å². The van der Waals surface area contributed by atoms with Gasteiger partial charge in [-0.25, -0.2) is 0 Å². The Kier molecular flexibility index (Phi) is 2.87. The summed E-state index contributed by atoms with van der Waals surface area (Å²) in [5, 5.41) is 3.46. The molecule has 2 unspecified atom stereocenters. The molecule has 0 aliphatic carbocycles. The van der Waals surface area contributed by atoms with Crippen LogP contribution in [0.4, 0.5) is 0 Å². The van der Waals surface area contributed by atoms with Crippen LogP contribution in [0.1, 0.15) is 37.4 Å². The molecule has 0 radical (unpaired) electrons. The summed E-state index contributed by atoms with van der Waals surface area (Å²) in [6.45, 7) is 5.70. The molecule has 1 nitrogen and oxygen atoms in total. The molecular weight excluding hydrogens is 170 g/mol. The van der Waals surface area contributed by atoms with Gasteiger partial charge in [-0.1, -0.05) is 44.5 Å². The standard InChI is InChI=1S/C13H19N/c1-3-4-11-5-7-12(8-6-11)13-10(2)9-14-13/h5-8,10,13-14H,3-4,9H2,1-2H3. The average Bonchev–Trinajstić information content (AvgIpc) is 2.19. The molecule has 1 aliphatic rings. The maximum absolute atomic E-state index is 3.46. The fourth-order valence-electron chi connectivity index (χ4n) is 2.10. The largest absolute Gasteiger partial charge is 0.309 e. The van der Waals surface area contributed by atoms with Gasteiger partial charge in [0, 0.05) is 12.6 Å². The first-order chi connectivity index (χ1) is 6.81. The molecule has 0 aromatic heterocycles. The van der Waals surface area contributed by atoms with Crippen LogP contribution >= 0.6 is 0 Å². The first-order valence-electron chi connectivity index (χ1n) is 5.63. The van der Waals surface area contributed by atoms with Gasteiger partial charge >= 0.3 is 0 Å². The van der Waals surface area contributed by atoms with E-state index in [1.54, 1.807) is 0 Å². The summed E-state index contributed by atoms with van der Waals surface area (Å²) in [4.78, 5) is 0. The van der Waals surface area contributed by atoms with Crippen molar-refractivity contribution >= 4 is 0 Å². The van der Waals surface area contributed by atoms with Crippen molar-refractivity contribution in [3.05, 3.63) is 35.4 Å². The fraction of sp³-hybridized carbons (Fsp3) is 0.538. The highest BCUT2D eigenvalue weighted by Gasteiger charge is 2.26. The Morgan fingerprint density at radius 2 is 2.00 bits per heavy atom. The van der Waals surface area contributed by atoms with Crippen LogP contribution in [0.5, 0.6) is 0 Å². The van der Waals surface area contributed by atoms with Gasteiger partial charge < -0.3 is 5.32 Å². The number of hydrogen-bond donors (Lipinski definition) is 1. The predicted octanol–water partition coefficient (Wildman–Crippen LogP) is 2.92. The molecule has 1 aromatic rings. The van der Waals surface area contributed by atoms with Crippen molar-refractivity contribution in [1.29, 1.82) is 0 Å². The first kappa shape index (κ1) is 9.72. The molecule has 0 spiro atoms. The Morgan fingerprint density at radius 1 is 1.29 bits per heavy atom. The summed E-state index contributed by atoms with van der Waals surface area (Å²) in [5.41, 5.74) is 2.91. The lowest BCUT2D eigenvalue weighted by Crippen LogP contribution is -2.43. The Morgan fingerprint density at radius 3 is 2.43 bits per heavy atom. The minimum absolute atomic E-state index is 0.602. The maximum atomic E-state index is 3.46. The topological polar surface area (TPSA) is 12.0 Å². The molecule has 1 aliphatic heterocycles. The van der Waals surface area contributed by atoms with Crippen LogP contribution in [0, 0.1) is 5.92 Å². The van der Waals surface area contributed by atoms with Crippen LogP contribution in [0.15, 0.2) is 24.3 Å². The lowest BCUT2D eigenvalue weighted by molar-refractivity contribution is 0.258. The second-order valence-corrected chi connectivity index (χ2v) is 4.35. The van der Waals surface area contributed by atoms with Crippen LogP contribution in [0.2, 0.25) is 0 Å². The van der Waals surface area contributed by atoms with E-state index in [9.17, 15) is 0 Å². The molecule has 0 amide bonds. The molecule has 2 atom stereocenters. The summed E-state index contributed by atoms with van der Waals surface area (Å²) in [7, 11) is 0. The van der Waals surface area contributed by atoms with Gasteiger partial charge in [-0.3, -0.25) is 0 Å². The first-order valence-corrected chi connectivity index (χ1v) is 5.63. The van der Waals surface area contributed by atoms with Crippen LogP contribution < -0.4 is 5.32 Å². The third kappa shape index (κ3) is 1.83. The van der Waals surface area contributed by atoms with Crippen molar-refractivity contribution in [3.8, 4) is 0 Å². The zero-order chi connectivity index (χ0) is 9.97. The van der Waals surface area contributed by atoms with E-state index in [0.29, 0.717) is 6.04 Å². The second kappa shape index (κ2) is 4.14. The van der Waals surface area contributed by atoms with Gasteiger partial charge in [-0.2, -0.15) is 0 Å². The van der Waals surface area contributed by atoms with Gasteiger partial charge in [0.1, 0.15) is 0 Å². The smallest absolute Gasteiger partial charge is 0.0358 e. The van der Waals surface area contributed by atoms with E-state index in [1.165, 1.54) is 30.5 Å². The van der Waals surface area contributed by atoms with Crippen molar-refractivity contribution < 1.29 is 0 Å². The van der Waals surface area contributed by atoms with Crippen molar-refractivity contribution in [1.82, 2.24) is 5.32 Å². The Bertz CT molecular complexity index is 289. The van der Waals surface area contributed by atoms with Gasteiger partial charge in [-0.15, -0.1) is 0 Å². The molecule has 76 valence electrons. The minimum Gasteiger partial charge on any atom is -0.309 e. The van der Waals surface area contributed by atoms with Crippen LogP contribution in [0.25, 0.3) is 0 Å². The third-order valence-corrected chi connectivity index (χ3v) is 3.11. The van der Waals surface area contributed by atoms with Crippen molar-refractivity contribution in [2.75, 3.05) is 6.54 Å². The number of benzene rings is 1. The van der Waals surface area contributed by atoms with Crippen LogP contribution in [-0.2, 0) is 6.42 Å². The number of nitrogens with one attached hydrogen (secondary N) is 1. The molecule has 1 heteroatoms. The molecule has 1 saturated heterocycles. The third-order valence-electron chi connectivity index (χ3n) is 3.11. The van der Waals surface area contributed by atoms with Crippen LogP contribution in [0.3, 0.4) is 0 Å². The number of aryl methyl sites for hydroxylation is 1. The minimum atomic E-state index is 0.602. The molecule has 0 bridgehead atoms. The van der Waals surface area contributed by atoms with E-state index in [0.717, 1.165) is 5.92 Å². The summed E-state index contributed by atoms with van der Waals surface area (Å²) in [6.07, 6.45) is 2.44. The van der Waals surface area contributed by atoms with Gasteiger partial charge in [0.05, 0.1) is 0 Å². The number of rotatable bonds is 3. The lowest BCUT2D eigenvalue weighted by atomic mass is 9.87. The quantitative estimate of drug-likeness (QED) is 0.771. The SMILES string of the molecule is CCCc1ccc(C2NCC2C)cc1. The predicted molar refractivity (Wildman–Crippen MR) is 60.3 cm³/mol. The average molecular weight is 189 g/mol. The second-order valence-electron chi connectivity index (χ2n) is 4.35. The molecule has 0 saturated carbocycles. The van der Waals surface area contributed by atoms with Crippen molar-refractivity contribution in [2.45, 2.75) is 32.7 Å². The van der Waals surface area contributed by atoms with Gasteiger partial charge in [0.2, 0.25) is 0 Å². The lowest BCUT2D eigenvalue weighted by Gasteiger charge is -2.36. The molecular formula is C13H19N. The molecule has 1 heterocycles. The van der Waals surface area contributed by atoms with Crippen LogP contribution in [-0.4, -0.2) is 6.54 Å². The van der Waals surface area contributed by atoms with E-state index in [2.05, 4.69) is 43.4 Å². The van der Waals surface area contributed by atoms with E-state index < -0.39 is 0 Å². The zero-order valence-electron chi connectivity index (χ0n) is 9.09. The summed E-state index contributed by atoms with van der Waals surface area (Å²) >= 11 is 0. The van der Waals surface area contributed by atoms with Crippen molar-refractivity contribution in [2.24, 2.45) is 5.92 Å². The molecule has 14 heavy (non-hydrogen) atoms.